The van der Waals surface area contributed by atoms with E-state index in [-0.39, 0.29) is 0 Å². The van der Waals surface area contributed by atoms with Crippen molar-refractivity contribution < 1.29 is 8.42 Å². The molecule has 78 valence electrons. The Morgan fingerprint density at radius 1 is 1.64 bits per heavy atom. The van der Waals surface area contributed by atoms with Crippen LogP contribution in [0.3, 0.4) is 0 Å². The molecule has 0 N–H and O–H groups in total. The van der Waals surface area contributed by atoms with Gasteiger partial charge in [-0.15, -0.1) is 0 Å². The van der Waals surface area contributed by atoms with E-state index in [1.54, 1.807) is 6.21 Å². The third-order valence-corrected chi connectivity index (χ3v) is 2.91. The van der Waals surface area contributed by atoms with Gasteiger partial charge in [-0.25, -0.2) is 0 Å². The highest BCUT2D eigenvalue weighted by Crippen LogP contribution is 2.09. The van der Waals surface area contributed by atoms with Crippen molar-refractivity contribution in [3.8, 4) is 0 Å². The highest BCUT2D eigenvalue weighted by Gasteiger charge is 2.06. The molecule has 1 aliphatic heterocycles. The molecule has 1 heterocycles. The van der Waals surface area contributed by atoms with E-state index in [1.807, 2.05) is 25.1 Å². The molecule has 0 aromatic carbocycles. The highest BCUT2D eigenvalue weighted by molar-refractivity contribution is 7.73. The summed E-state index contributed by atoms with van der Waals surface area (Å²) < 4.78 is 21.5. The summed E-state index contributed by atoms with van der Waals surface area (Å²) in [6.07, 6.45) is 4.64. The van der Waals surface area contributed by atoms with E-state index < -0.39 is 10.3 Å². The first-order valence-corrected chi connectivity index (χ1v) is 5.58. The normalized spacial score (nSPS) is 15.3. The van der Waals surface area contributed by atoms with Gasteiger partial charge < -0.3 is 4.90 Å². The van der Waals surface area contributed by atoms with Gasteiger partial charge in [-0.1, -0.05) is 6.92 Å². The fourth-order valence-electron chi connectivity index (χ4n) is 1.22. The molecule has 0 saturated carbocycles. The van der Waals surface area contributed by atoms with Gasteiger partial charge in [0.25, 0.3) is 0 Å². The molecule has 0 aliphatic carbocycles. The predicted octanol–water partition coefficient (Wildman–Crippen LogP) is 0.696. The molecule has 14 heavy (non-hydrogen) atoms. The molecule has 0 aromatic heterocycles. The first-order valence-electron chi connectivity index (χ1n) is 4.51. The molecule has 5 heteroatoms. The smallest absolute Gasteiger partial charge is 0.213 e. The van der Waals surface area contributed by atoms with Crippen molar-refractivity contribution in [2.45, 2.75) is 19.8 Å². The van der Waals surface area contributed by atoms with Crippen LogP contribution in [-0.2, 0) is 10.3 Å². The summed E-state index contributed by atoms with van der Waals surface area (Å²) in [5, 5.41) is 0. The number of nitrogens with zero attached hydrogens (tertiary/aromatic N) is 2. The average molecular weight is 214 g/mol. The van der Waals surface area contributed by atoms with Crippen LogP contribution in [0.25, 0.3) is 0 Å². The standard InChI is InChI=1S/C9H14N2O2S/c1-3-9(14(12)13)6-8-7-11(2)5-4-10-8/h4,7H,3,5-6H2,1-2H3. The van der Waals surface area contributed by atoms with Crippen molar-refractivity contribution in [2.75, 3.05) is 13.6 Å². The van der Waals surface area contributed by atoms with Gasteiger partial charge in [-0.2, -0.15) is 8.42 Å². The monoisotopic (exact) mass is 214 g/mol. The summed E-state index contributed by atoms with van der Waals surface area (Å²) in [5.41, 5.74) is 0.805. The van der Waals surface area contributed by atoms with Crippen molar-refractivity contribution in [3.05, 3.63) is 11.9 Å². The van der Waals surface area contributed by atoms with Crippen molar-refractivity contribution in [2.24, 2.45) is 4.99 Å². The lowest BCUT2D eigenvalue weighted by molar-refractivity contribution is 0.515. The Morgan fingerprint density at radius 3 is 2.86 bits per heavy atom. The maximum atomic E-state index is 10.8. The SMILES string of the molecule is CCC(CC1=CN(C)CC=N1)=S(=O)=O. The molecular weight excluding hydrogens is 200 g/mol. The number of allylic oxidation sites excluding steroid dienone is 1. The second-order valence-electron chi connectivity index (χ2n) is 3.18. The molecule has 0 aromatic rings. The molecule has 0 fully saturated rings. The Bertz CT molecular complexity index is 385. The molecule has 0 saturated heterocycles. The minimum atomic E-state index is -2.08. The highest BCUT2D eigenvalue weighted by atomic mass is 32.2. The lowest BCUT2D eigenvalue weighted by atomic mass is 10.2. The van der Waals surface area contributed by atoms with E-state index in [2.05, 4.69) is 4.99 Å². The van der Waals surface area contributed by atoms with E-state index in [0.717, 1.165) is 12.2 Å². The second-order valence-corrected chi connectivity index (χ2v) is 4.22. The van der Waals surface area contributed by atoms with E-state index in [0.29, 0.717) is 17.7 Å². The lowest BCUT2D eigenvalue weighted by Gasteiger charge is -2.16. The number of hydrogen-bond donors (Lipinski definition) is 0. The molecule has 0 amide bonds. The second kappa shape index (κ2) is 4.95. The zero-order valence-corrected chi connectivity index (χ0v) is 9.21. The van der Waals surface area contributed by atoms with Gasteiger partial charge in [0.2, 0.25) is 10.3 Å². The molecule has 0 atom stereocenters. The minimum Gasteiger partial charge on any atom is -0.374 e. The van der Waals surface area contributed by atoms with Crippen LogP contribution >= 0.6 is 0 Å². The fraction of sp³-hybridized carbons (Fsp3) is 0.556. The fourth-order valence-corrected chi connectivity index (χ4v) is 1.72. The summed E-state index contributed by atoms with van der Waals surface area (Å²) in [5.74, 6) is 0. The van der Waals surface area contributed by atoms with Crippen LogP contribution in [0.4, 0.5) is 0 Å². The Hall–Kier alpha value is -1.10. The van der Waals surface area contributed by atoms with Gasteiger partial charge in [-0.3, -0.25) is 4.99 Å². The number of aliphatic imine (C=N–C) groups is 1. The lowest BCUT2D eigenvalue weighted by Crippen LogP contribution is -2.18. The van der Waals surface area contributed by atoms with Crippen LogP contribution < -0.4 is 0 Å². The molecule has 0 unspecified atom stereocenters. The van der Waals surface area contributed by atoms with Crippen LogP contribution in [0.2, 0.25) is 0 Å². The Labute approximate surface area is 85.5 Å². The van der Waals surface area contributed by atoms with Crippen LogP contribution in [-0.4, -0.2) is 38.0 Å². The first-order chi connectivity index (χ1) is 6.63. The van der Waals surface area contributed by atoms with Gasteiger partial charge in [0.1, 0.15) is 0 Å². The van der Waals surface area contributed by atoms with Crippen molar-refractivity contribution >= 4 is 21.4 Å². The van der Waals surface area contributed by atoms with E-state index in [1.165, 1.54) is 0 Å². The zero-order valence-electron chi connectivity index (χ0n) is 8.40. The first kappa shape index (κ1) is 11.0. The Balaban J connectivity index is 2.79. The van der Waals surface area contributed by atoms with Crippen LogP contribution in [0.15, 0.2) is 16.9 Å². The van der Waals surface area contributed by atoms with Crippen molar-refractivity contribution in [1.82, 2.24) is 4.90 Å². The van der Waals surface area contributed by atoms with Crippen LogP contribution in [0.5, 0.6) is 0 Å². The third-order valence-electron chi connectivity index (χ3n) is 2.00. The number of hydrogen-bond acceptors (Lipinski definition) is 4. The molecule has 1 aliphatic rings. The molecule has 0 spiro atoms. The minimum absolute atomic E-state index is 0.424. The maximum Gasteiger partial charge on any atom is 0.213 e. The summed E-state index contributed by atoms with van der Waals surface area (Å²) in [7, 11) is -0.147. The summed E-state index contributed by atoms with van der Waals surface area (Å²) in [4.78, 5) is 6.63. The predicted molar refractivity (Wildman–Crippen MR) is 58.0 cm³/mol. The van der Waals surface area contributed by atoms with Crippen LogP contribution in [0.1, 0.15) is 19.8 Å². The molecule has 0 bridgehead atoms. The van der Waals surface area contributed by atoms with Gasteiger partial charge in [-0.05, 0) is 6.42 Å². The third kappa shape index (κ3) is 2.99. The largest absolute Gasteiger partial charge is 0.374 e. The summed E-state index contributed by atoms with van der Waals surface area (Å²) in [6, 6.07) is 0. The van der Waals surface area contributed by atoms with Gasteiger partial charge >= 0.3 is 0 Å². The van der Waals surface area contributed by atoms with Gasteiger partial charge in [0.05, 0.1) is 17.1 Å². The molecule has 1 rings (SSSR count). The van der Waals surface area contributed by atoms with E-state index in [4.69, 9.17) is 0 Å². The Kier molecular flexibility index (Phi) is 3.88. The number of rotatable bonds is 3. The molecule has 4 nitrogen and oxygen atoms in total. The van der Waals surface area contributed by atoms with Crippen molar-refractivity contribution in [1.29, 1.82) is 0 Å². The van der Waals surface area contributed by atoms with E-state index in [9.17, 15) is 8.42 Å². The van der Waals surface area contributed by atoms with Crippen LogP contribution in [0, 0.1) is 0 Å². The topological polar surface area (TPSA) is 49.7 Å². The summed E-state index contributed by atoms with van der Waals surface area (Å²) in [6.45, 7) is 2.62. The van der Waals surface area contributed by atoms with Gasteiger partial charge in [0.15, 0.2) is 0 Å². The van der Waals surface area contributed by atoms with Gasteiger partial charge in [0, 0.05) is 25.9 Å². The Morgan fingerprint density at radius 2 is 2.36 bits per heavy atom. The molecule has 0 radical (unpaired) electrons. The maximum absolute atomic E-state index is 10.8. The quantitative estimate of drug-likeness (QED) is 0.650. The summed E-state index contributed by atoms with van der Waals surface area (Å²) >= 11 is 0. The zero-order chi connectivity index (χ0) is 10.6. The van der Waals surface area contributed by atoms with Crippen molar-refractivity contribution in [3.63, 3.8) is 0 Å². The average Bonchev–Trinajstić information content (AvgIpc) is 2.14. The molecular formula is C9H14N2O2S. The van der Waals surface area contributed by atoms with E-state index >= 15 is 0 Å².